The third-order valence-corrected chi connectivity index (χ3v) is 2.96. The van der Waals surface area contributed by atoms with E-state index < -0.39 is 11.7 Å². The van der Waals surface area contributed by atoms with Crippen molar-refractivity contribution in [2.24, 2.45) is 0 Å². The van der Waals surface area contributed by atoms with Gasteiger partial charge in [-0.2, -0.15) is 13.2 Å². The Morgan fingerprint density at radius 2 is 1.72 bits per heavy atom. The minimum absolute atomic E-state index is 0.184. The van der Waals surface area contributed by atoms with E-state index in [2.05, 4.69) is 5.32 Å². The fourth-order valence-corrected chi connectivity index (χ4v) is 1.67. The first kappa shape index (κ1) is 14.8. The van der Waals surface area contributed by atoms with Gasteiger partial charge in [-0.3, -0.25) is 0 Å². The molecule has 2 nitrogen and oxygen atoms in total. The molecule has 0 fully saturated rings. The van der Waals surface area contributed by atoms with E-state index in [0.717, 1.165) is 6.92 Å². The molecule has 1 unspecified atom stereocenters. The lowest BCUT2D eigenvalue weighted by molar-refractivity contribution is -0.195. The van der Waals surface area contributed by atoms with Gasteiger partial charge in [-0.25, -0.2) is 0 Å². The maximum Gasteiger partial charge on any atom is 0.410 e. The van der Waals surface area contributed by atoms with Crippen LogP contribution in [-0.2, 0) is 5.54 Å². The SMILES string of the molecule is CCCNC(C)(c1ccc(OC)cc1)C(F)(F)F. The standard InChI is InChI=1S/C13H18F3NO/c1-4-9-17-12(2,13(14,15)16)10-5-7-11(18-3)8-6-10/h5-8,17H,4,9H2,1-3H3. The van der Waals surface area contributed by atoms with Crippen molar-refractivity contribution in [3.8, 4) is 5.75 Å². The maximum absolute atomic E-state index is 13.2. The topological polar surface area (TPSA) is 21.3 Å². The Kier molecular flexibility index (Phi) is 4.62. The normalized spacial score (nSPS) is 15.2. The molecule has 0 bridgehead atoms. The van der Waals surface area contributed by atoms with Crippen LogP contribution >= 0.6 is 0 Å². The smallest absolute Gasteiger partial charge is 0.410 e. The van der Waals surface area contributed by atoms with Gasteiger partial charge in [0, 0.05) is 0 Å². The van der Waals surface area contributed by atoms with Crippen LogP contribution in [0.25, 0.3) is 0 Å². The van der Waals surface area contributed by atoms with Gasteiger partial charge in [0.1, 0.15) is 11.3 Å². The number of ether oxygens (including phenoxy) is 1. The summed E-state index contributed by atoms with van der Waals surface area (Å²) >= 11 is 0. The van der Waals surface area contributed by atoms with Gasteiger partial charge in [0.15, 0.2) is 0 Å². The number of alkyl halides is 3. The molecule has 0 aliphatic carbocycles. The first-order valence-corrected chi connectivity index (χ1v) is 5.81. The molecule has 0 heterocycles. The predicted octanol–water partition coefficient (Wildman–Crippen LogP) is 3.47. The largest absolute Gasteiger partial charge is 0.497 e. The average molecular weight is 261 g/mol. The van der Waals surface area contributed by atoms with E-state index in [1.165, 1.54) is 31.4 Å². The number of hydrogen-bond donors (Lipinski definition) is 1. The first-order chi connectivity index (χ1) is 8.35. The zero-order valence-corrected chi connectivity index (χ0v) is 10.8. The van der Waals surface area contributed by atoms with Gasteiger partial charge >= 0.3 is 6.18 Å². The Balaban J connectivity index is 3.08. The number of benzene rings is 1. The molecular formula is C13H18F3NO. The summed E-state index contributed by atoms with van der Waals surface area (Å²) in [5, 5.41) is 2.57. The Morgan fingerprint density at radius 1 is 1.17 bits per heavy atom. The summed E-state index contributed by atoms with van der Waals surface area (Å²) in [4.78, 5) is 0. The minimum atomic E-state index is -4.35. The molecule has 0 spiro atoms. The van der Waals surface area contributed by atoms with E-state index in [-0.39, 0.29) is 5.56 Å². The van der Waals surface area contributed by atoms with Gasteiger partial charge in [-0.15, -0.1) is 0 Å². The van der Waals surface area contributed by atoms with Crippen molar-refractivity contribution in [2.75, 3.05) is 13.7 Å². The summed E-state index contributed by atoms with van der Waals surface area (Å²) in [6.45, 7) is 3.30. The fourth-order valence-electron chi connectivity index (χ4n) is 1.67. The van der Waals surface area contributed by atoms with Crippen molar-refractivity contribution in [3.63, 3.8) is 0 Å². The van der Waals surface area contributed by atoms with Crippen LogP contribution in [0.15, 0.2) is 24.3 Å². The monoisotopic (exact) mass is 261 g/mol. The number of halogens is 3. The Morgan fingerprint density at radius 3 is 2.11 bits per heavy atom. The molecule has 1 N–H and O–H groups in total. The average Bonchev–Trinajstić information content (AvgIpc) is 2.34. The van der Waals surface area contributed by atoms with Crippen molar-refractivity contribution < 1.29 is 17.9 Å². The molecule has 0 amide bonds. The predicted molar refractivity (Wildman–Crippen MR) is 64.7 cm³/mol. The summed E-state index contributed by atoms with van der Waals surface area (Å²) < 4.78 is 44.6. The van der Waals surface area contributed by atoms with Crippen molar-refractivity contribution >= 4 is 0 Å². The van der Waals surface area contributed by atoms with Crippen LogP contribution in [0.3, 0.4) is 0 Å². The molecule has 102 valence electrons. The third kappa shape index (κ3) is 2.96. The molecule has 5 heteroatoms. The van der Waals surface area contributed by atoms with Crippen LogP contribution < -0.4 is 10.1 Å². The zero-order chi connectivity index (χ0) is 13.8. The number of nitrogens with one attached hydrogen (secondary N) is 1. The van der Waals surface area contributed by atoms with Crippen molar-refractivity contribution in [1.82, 2.24) is 5.32 Å². The quantitative estimate of drug-likeness (QED) is 0.876. The summed E-state index contributed by atoms with van der Waals surface area (Å²) in [5.41, 5.74) is -1.85. The molecule has 1 rings (SSSR count). The molecule has 0 saturated heterocycles. The number of hydrogen-bond acceptors (Lipinski definition) is 2. The fraction of sp³-hybridized carbons (Fsp3) is 0.538. The van der Waals surface area contributed by atoms with Crippen LogP contribution in [-0.4, -0.2) is 19.8 Å². The van der Waals surface area contributed by atoms with Gasteiger partial charge in [0.25, 0.3) is 0 Å². The Labute approximate surface area is 105 Å². The van der Waals surface area contributed by atoms with E-state index >= 15 is 0 Å². The molecular weight excluding hydrogens is 243 g/mol. The van der Waals surface area contributed by atoms with Crippen LogP contribution in [0.4, 0.5) is 13.2 Å². The van der Waals surface area contributed by atoms with E-state index in [1.54, 1.807) is 0 Å². The van der Waals surface area contributed by atoms with E-state index in [9.17, 15) is 13.2 Å². The highest BCUT2D eigenvalue weighted by Crippen LogP contribution is 2.39. The molecule has 0 aromatic heterocycles. The van der Waals surface area contributed by atoms with Crippen LogP contribution in [0.5, 0.6) is 5.75 Å². The third-order valence-electron chi connectivity index (χ3n) is 2.96. The highest BCUT2D eigenvalue weighted by atomic mass is 19.4. The molecule has 0 saturated carbocycles. The second kappa shape index (κ2) is 5.61. The molecule has 1 aromatic carbocycles. The molecule has 0 radical (unpaired) electrons. The molecule has 1 aromatic rings. The lowest BCUT2D eigenvalue weighted by Crippen LogP contribution is -2.51. The maximum atomic E-state index is 13.2. The van der Waals surface area contributed by atoms with E-state index in [1.807, 2.05) is 6.92 Å². The highest BCUT2D eigenvalue weighted by molar-refractivity contribution is 5.32. The number of rotatable bonds is 5. The highest BCUT2D eigenvalue weighted by Gasteiger charge is 2.51. The van der Waals surface area contributed by atoms with Gasteiger partial charge in [-0.1, -0.05) is 19.1 Å². The van der Waals surface area contributed by atoms with Gasteiger partial charge < -0.3 is 10.1 Å². The van der Waals surface area contributed by atoms with Gasteiger partial charge in [0.05, 0.1) is 7.11 Å². The van der Waals surface area contributed by atoms with Crippen molar-refractivity contribution in [3.05, 3.63) is 29.8 Å². The van der Waals surface area contributed by atoms with Gasteiger partial charge in [0.2, 0.25) is 0 Å². The number of methoxy groups -OCH3 is 1. The van der Waals surface area contributed by atoms with E-state index in [4.69, 9.17) is 4.74 Å². The lowest BCUT2D eigenvalue weighted by Gasteiger charge is -2.33. The minimum Gasteiger partial charge on any atom is -0.497 e. The Bertz CT molecular complexity index is 375. The second-order valence-electron chi connectivity index (χ2n) is 4.28. The second-order valence-corrected chi connectivity index (χ2v) is 4.28. The molecule has 18 heavy (non-hydrogen) atoms. The van der Waals surface area contributed by atoms with Crippen molar-refractivity contribution in [2.45, 2.75) is 32.0 Å². The summed E-state index contributed by atoms with van der Waals surface area (Å²) in [6, 6.07) is 5.95. The molecule has 0 aliphatic rings. The summed E-state index contributed by atoms with van der Waals surface area (Å²) in [6.07, 6.45) is -3.71. The van der Waals surface area contributed by atoms with Crippen molar-refractivity contribution in [1.29, 1.82) is 0 Å². The lowest BCUT2D eigenvalue weighted by atomic mass is 9.91. The molecule has 0 aliphatic heterocycles. The van der Waals surface area contributed by atoms with Crippen LogP contribution in [0.2, 0.25) is 0 Å². The van der Waals surface area contributed by atoms with Crippen LogP contribution in [0, 0.1) is 0 Å². The first-order valence-electron chi connectivity index (χ1n) is 5.81. The van der Waals surface area contributed by atoms with Crippen LogP contribution in [0.1, 0.15) is 25.8 Å². The molecule has 1 atom stereocenters. The van der Waals surface area contributed by atoms with Gasteiger partial charge in [-0.05, 0) is 37.6 Å². The summed E-state index contributed by atoms with van der Waals surface area (Å²) in [5.74, 6) is 0.541. The van der Waals surface area contributed by atoms with E-state index in [0.29, 0.717) is 18.7 Å². The zero-order valence-electron chi connectivity index (χ0n) is 10.8. The Hall–Kier alpha value is -1.23. The summed E-state index contributed by atoms with van der Waals surface area (Å²) in [7, 11) is 1.48.